The van der Waals surface area contributed by atoms with Crippen LogP contribution in [0.2, 0.25) is 0 Å². The van der Waals surface area contributed by atoms with Crippen LogP contribution in [0.1, 0.15) is 51.2 Å². The van der Waals surface area contributed by atoms with Crippen molar-refractivity contribution in [2.75, 3.05) is 32.8 Å². The second-order valence-corrected chi connectivity index (χ2v) is 6.05. The maximum absolute atomic E-state index is 5.92. The smallest absolute Gasteiger partial charge is 0.194 e. The van der Waals surface area contributed by atoms with Crippen LogP contribution < -0.4 is 5.32 Å². The van der Waals surface area contributed by atoms with Crippen molar-refractivity contribution in [3.05, 3.63) is 18.0 Å². The predicted octanol–water partition coefficient (Wildman–Crippen LogP) is 2.34. The highest BCUT2D eigenvalue weighted by Crippen LogP contribution is 2.21. The molecular weight excluding hydrogens is 290 g/mol. The van der Waals surface area contributed by atoms with E-state index in [0.29, 0.717) is 0 Å². The van der Waals surface area contributed by atoms with Crippen LogP contribution in [-0.2, 0) is 11.8 Å². The molecule has 0 spiro atoms. The van der Waals surface area contributed by atoms with Gasteiger partial charge < -0.3 is 15.0 Å². The van der Waals surface area contributed by atoms with Gasteiger partial charge in [-0.2, -0.15) is 5.10 Å². The Kier molecular flexibility index (Phi) is 7.39. The molecule has 1 saturated heterocycles. The summed E-state index contributed by atoms with van der Waals surface area (Å²) < 4.78 is 7.74. The van der Waals surface area contributed by atoms with Gasteiger partial charge in [0.2, 0.25) is 0 Å². The van der Waals surface area contributed by atoms with E-state index in [-0.39, 0.29) is 6.10 Å². The molecule has 1 aromatic heterocycles. The van der Waals surface area contributed by atoms with E-state index in [4.69, 9.17) is 9.73 Å². The third-order valence-electron chi connectivity index (χ3n) is 4.07. The number of hydrogen-bond donors (Lipinski definition) is 1. The average molecular weight is 321 g/mol. The largest absolute Gasteiger partial charge is 0.370 e. The minimum Gasteiger partial charge on any atom is -0.370 e. The topological polar surface area (TPSA) is 54.7 Å². The van der Waals surface area contributed by atoms with Crippen molar-refractivity contribution in [2.24, 2.45) is 12.0 Å². The molecule has 6 nitrogen and oxygen atoms in total. The highest BCUT2D eigenvalue weighted by Gasteiger charge is 2.25. The standard InChI is InChI=1S/C17H31N5O/c1-4-6-7-8-9-19-17(18-5-2)22-10-11-23-16(14-22)15-12-20-21(3)13-15/h12-13,16H,4-11,14H2,1-3H3,(H,18,19). The van der Waals surface area contributed by atoms with Crippen molar-refractivity contribution in [3.63, 3.8) is 0 Å². The first-order chi connectivity index (χ1) is 11.2. The van der Waals surface area contributed by atoms with Crippen molar-refractivity contribution in [1.29, 1.82) is 0 Å². The van der Waals surface area contributed by atoms with Crippen LogP contribution in [0.15, 0.2) is 17.4 Å². The highest BCUT2D eigenvalue weighted by molar-refractivity contribution is 5.80. The Labute approximate surface area is 139 Å². The number of aryl methyl sites for hydroxylation is 1. The number of nitrogens with one attached hydrogen (secondary N) is 1. The van der Waals surface area contributed by atoms with Crippen LogP contribution >= 0.6 is 0 Å². The molecule has 1 aromatic rings. The third kappa shape index (κ3) is 5.53. The Morgan fingerprint density at radius 2 is 2.26 bits per heavy atom. The summed E-state index contributed by atoms with van der Waals surface area (Å²) in [6.45, 7) is 8.58. The summed E-state index contributed by atoms with van der Waals surface area (Å²) in [5.74, 6) is 1.01. The van der Waals surface area contributed by atoms with Gasteiger partial charge in [-0.1, -0.05) is 26.2 Å². The first kappa shape index (κ1) is 17.8. The third-order valence-corrected chi connectivity index (χ3v) is 4.07. The lowest BCUT2D eigenvalue weighted by molar-refractivity contribution is -0.00804. The van der Waals surface area contributed by atoms with Crippen LogP contribution in [0.5, 0.6) is 0 Å². The Hall–Kier alpha value is -1.56. The van der Waals surface area contributed by atoms with Crippen LogP contribution in [0, 0.1) is 0 Å². The molecule has 0 aliphatic carbocycles. The second kappa shape index (κ2) is 9.55. The van der Waals surface area contributed by atoms with Crippen molar-refractivity contribution in [1.82, 2.24) is 20.0 Å². The molecule has 1 atom stereocenters. The summed E-state index contributed by atoms with van der Waals surface area (Å²) in [6, 6.07) is 0. The van der Waals surface area contributed by atoms with Crippen molar-refractivity contribution in [3.8, 4) is 0 Å². The quantitative estimate of drug-likeness (QED) is 0.476. The first-order valence-corrected chi connectivity index (χ1v) is 8.88. The monoisotopic (exact) mass is 321 g/mol. The van der Waals surface area contributed by atoms with Gasteiger partial charge in [0.1, 0.15) is 6.10 Å². The fourth-order valence-corrected chi connectivity index (χ4v) is 2.80. The van der Waals surface area contributed by atoms with Crippen LogP contribution in [0.25, 0.3) is 0 Å². The summed E-state index contributed by atoms with van der Waals surface area (Å²) in [7, 11) is 1.94. The molecule has 2 rings (SSSR count). The van der Waals surface area contributed by atoms with E-state index in [1.165, 1.54) is 25.7 Å². The molecule has 130 valence electrons. The van der Waals surface area contributed by atoms with Crippen molar-refractivity contribution in [2.45, 2.75) is 45.6 Å². The molecule has 1 fully saturated rings. The number of morpholine rings is 1. The number of aromatic nitrogens is 2. The van der Waals surface area contributed by atoms with Gasteiger partial charge in [-0.25, -0.2) is 0 Å². The van der Waals surface area contributed by atoms with E-state index in [1.54, 1.807) is 0 Å². The predicted molar refractivity (Wildman–Crippen MR) is 93.6 cm³/mol. The zero-order chi connectivity index (χ0) is 16.5. The fourth-order valence-electron chi connectivity index (χ4n) is 2.80. The maximum Gasteiger partial charge on any atom is 0.194 e. The average Bonchev–Trinajstić information content (AvgIpc) is 3.00. The van der Waals surface area contributed by atoms with E-state index in [0.717, 1.165) is 44.3 Å². The lowest BCUT2D eigenvalue weighted by Crippen LogP contribution is -2.48. The van der Waals surface area contributed by atoms with Crippen LogP contribution in [0.4, 0.5) is 0 Å². The van der Waals surface area contributed by atoms with Gasteiger partial charge >= 0.3 is 0 Å². The normalized spacial score (nSPS) is 19.2. The van der Waals surface area contributed by atoms with Gasteiger partial charge in [-0.3, -0.25) is 9.67 Å². The second-order valence-electron chi connectivity index (χ2n) is 6.05. The molecule has 1 unspecified atom stereocenters. The van der Waals surface area contributed by atoms with Crippen LogP contribution in [-0.4, -0.2) is 53.4 Å². The summed E-state index contributed by atoms with van der Waals surface area (Å²) in [4.78, 5) is 7.11. The highest BCUT2D eigenvalue weighted by atomic mass is 16.5. The Balaban J connectivity index is 1.93. The number of unbranched alkanes of at least 4 members (excludes halogenated alkanes) is 3. The minimum absolute atomic E-state index is 0.0707. The van der Waals surface area contributed by atoms with Crippen molar-refractivity contribution < 1.29 is 4.74 Å². The molecule has 1 aliphatic heterocycles. The SMILES string of the molecule is CCCCCCN=C(NCC)N1CCOC(c2cnn(C)c2)C1. The van der Waals surface area contributed by atoms with E-state index in [2.05, 4.69) is 29.2 Å². The van der Waals surface area contributed by atoms with Crippen molar-refractivity contribution >= 4 is 5.96 Å². The van der Waals surface area contributed by atoms with E-state index >= 15 is 0 Å². The number of rotatable bonds is 7. The molecule has 0 saturated carbocycles. The number of guanidine groups is 1. The van der Waals surface area contributed by atoms with Gasteiger partial charge in [0.25, 0.3) is 0 Å². The summed E-state index contributed by atoms with van der Waals surface area (Å²) in [5, 5.41) is 7.67. The number of ether oxygens (including phenoxy) is 1. The lowest BCUT2D eigenvalue weighted by atomic mass is 10.1. The minimum atomic E-state index is 0.0707. The Morgan fingerprint density at radius 1 is 1.39 bits per heavy atom. The molecule has 1 N–H and O–H groups in total. The Morgan fingerprint density at radius 3 is 2.96 bits per heavy atom. The van der Waals surface area contributed by atoms with Crippen LogP contribution in [0.3, 0.4) is 0 Å². The number of hydrogen-bond acceptors (Lipinski definition) is 3. The first-order valence-electron chi connectivity index (χ1n) is 8.88. The summed E-state index contributed by atoms with van der Waals surface area (Å²) >= 11 is 0. The molecule has 0 bridgehead atoms. The fraction of sp³-hybridized carbons (Fsp3) is 0.765. The molecule has 6 heteroatoms. The van der Waals surface area contributed by atoms with E-state index in [1.807, 2.05) is 24.1 Å². The zero-order valence-electron chi connectivity index (χ0n) is 14.8. The number of nitrogens with zero attached hydrogens (tertiary/aromatic N) is 4. The molecule has 0 aromatic carbocycles. The molecular formula is C17H31N5O. The summed E-state index contributed by atoms with van der Waals surface area (Å²) in [5.41, 5.74) is 1.14. The van der Waals surface area contributed by atoms with Gasteiger partial charge in [-0.15, -0.1) is 0 Å². The molecule has 23 heavy (non-hydrogen) atoms. The maximum atomic E-state index is 5.92. The van der Waals surface area contributed by atoms with Gasteiger partial charge in [0, 0.05) is 38.4 Å². The van der Waals surface area contributed by atoms with Gasteiger partial charge in [0.05, 0.1) is 19.3 Å². The van der Waals surface area contributed by atoms with Gasteiger partial charge in [0.15, 0.2) is 5.96 Å². The molecule has 0 amide bonds. The van der Waals surface area contributed by atoms with E-state index < -0.39 is 0 Å². The molecule has 2 heterocycles. The summed E-state index contributed by atoms with van der Waals surface area (Å²) in [6.07, 6.45) is 8.99. The van der Waals surface area contributed by atoms with Gasteiger partial charge in [-0.05, 0) is 13.3 Å². The lowest BCUT2D eigenvalue weighted by Gasteiger charge is -2.34. The molecule has 0 radical (unpaired) electrons. The number of aliphatic imine (C=N–C) groups is 1. The zero-order valence-corrected chi connectivity index (χ0v) is 14.8. The van der Waals surface area contributed by atoms with E-state index in [9.17, 15) is 0 Å². The molecule has 1 aliphatic rings. The Bertz CT molecular complexity index is 485.